The molecule has 0 saturated heterocycles. The van der Waals surface area contributed by atoms with Gasteiger partial charge in [0, 0.05) is 0 Å². The average Bonchev–Trinajstić information content (AvgIpc) is 2.55. The molecular formula is C17H25NO8S. The van der Waals surface area contributed by atoms with Gasteiger partial charge in [0.2, 0.25) is 5.54 Å². The van der Waals surface area contributed by atoms with E-state index in [0.29, 0.717) is 5.75 Å². The highest BCUT2D eigenvalue weighted by molar-refractivity contribution is 7.85. The number of methoxy groups -OCH3 is 1. The monoisotopic (exact) mass is 403 g/mol. The van der Waals surface area contributed by atoms with Crippen LogP contribution in [0.3, 0.4) is 0 Å². The molecule has 27 heavy (non-hydrogen) atoms. The highest BCUT2D eigenvalue weighted by Gasteiger charge is 2.48. The minimum Gasteiger partial charge on any atom is -0.491 e. The lowest BCUT2D eigenvalue weighted by molar-refractivity contribution is -0.171. The highest BCUT2D eigenvalue weighted by Crippen LogP contribution is 2.26. The Morgan fingerprint density at radius 2 is 1.59 bits per heavy atom. The van der Waals surface area contributed by atoms with Crippen LogP contribution >= 0.6 is 0 Å². The van der Waals surface area contributed by atoms with Crippen molar-refractivity contribution >= 4 is 22.1 Å². The molecule has 2 N–H and O–H groups in total. The summed E-state index contributed by atoms with van der Waals surface area (Å²) >= 11 is 0. The minimum atomic E-state index is -3.54. The molecule has 0 unspecified atom stereocenters. The summed E-state index contributed by atoms with van der Waals surface area (Å²) in [4.78, 5) is 24.7. The lowest BCUT2D eigenvalue weighted by Gasteiger charge is -2.29. The highest BCUT2D eigenvalue weighted by atomic mass is 32.2. The summed E-state index contributed by atoms with van der Waals surface area (Å²) < 4.78 is 41.6. The first kappa shape index (κ1) is 22.9. The van der Waals surface area contributed by atoms with Crippen molar-refractivity contribution in [1.29, 1.82) is 0 Å². The third kappa shape index (κ3) is 6.81. The van der Waals surface area contributed by atoms with Gasteiger partial charge in [0.15, 0.2) is 0 Å². The molecule has 0 bridgehead atoms. The van der Waals surface area contributed by atoms with Gasteiger partial charge in [0.05, 0.1) is 13.4 Å². The maximum Gasteiger partial charge on any atom is 0.343 e. The van der Waals surface area contributed by atoms with Gasteiger partial charge in [-0.05, 0) is 38.5 Å². The Labute approximate surface area is 158 Å². The van der Waals surface area contributed by atoms with Gasteiger partial charge in [-0.15, -0.1) is 0 Å². The zero-order valence-corrected chi connectivity index (χ0v) is 16.8. The Morgan fingerprint density at radius 3 is 2.04 bits per heavy atom. The van der Waals surface area contributed by atoms with Crippen molar-refractivity contribution in [1.82, 2.24) is 0 Å². The number of carbonyl (C=O) groups excluding carboxylic acids is 2. The molecule has 1 aromatic carbocycles. The Morgan fingerprint density at radius 1 is 1.04 bits per heavy atom. The molecule has 0 fully saturated rings. The van der Waals surface area contributed by atoms with E-state index in [0.717, 1.165) is 13.4 Å². The fourth-order valence-electron chi connectivity index (χ4n) is 2.00. The van der Waals surface area contributed by atoms with E-state index in [9.17, 15) is 18.0 Å². The summed E-state index contributed by atoms with van der Waals surface area (Å²) in [6.07, 6.45) is 0.937. The van der Waals surface area contributed by atoms with Crippen LogP contribution in [-0.4, -0.2) is 52.5 Å². The second-order valence-corrected chi connectivity index (χ2v) is 8.34. The fraction of sp³-hybridized carbons (Fsp3) is 0.529. The SMILES string of the molecule is COC(=O)[C@@](N)(C(=O)OC(C)(C)C)c1ccc(OCCOS(C)(=O)=O)cc1. The minimum absolute atomic E-state index is 0.0107. The number of carbonyl (C=O) groups is 2. The summed E-state index contributed by atoms with van der Waals surface area (Å²) in [6.45, 7) is 4.79. The average molecular weight is 403 g/mol. The first-order valence-corrected chi connectivity index (χ1v) is 9.80. The van der Waals surface area contributed by atoms with Crippen LogP contribution < -0.4 is 10.5 Å². The molecular weight excluding hydrogens is 378 g/mol. The number of ether oxygens (including phenoxy) is 3. The molecule has 10 heteroatoms. The standard InChI is InChI=1S/C17H25NO8S/c1-16(2,3)26-15(20)17(18,14(19)23-4)12-6-8-13(9-7-12)24-10-11-25-27(5,21)22/h6-9H,10-11,18H2,1-5H3/t17-/m1/s1. The molecule has 0 aliphatic rings. The van der Waals surface area contributed by atoms with Crippen molar-refractivity contribution in [2.24, 2.45) is 5.73 Å². The third-order valence-corrected chi connectivity index (χ3v) is 3.78. The Kier molecular flexibility index (Phi) is 7.35. The van der Waals surface area contributed by atoms with Crippen molar-refractivity contribution in [2.75, 3.05) is 26.6 Å². The van der Waals surface area contributed by atoms with E-state index in [1.807, 2.05) is 0 Å². The fourth-order valence-corrected chi connectivity index (χ4v) is 2.37. The number of hydrogen-bond donors (Lipinski definition) is 1. The van der Waals surface area contributed by atoms with Crippen LogP contribution in [0.15, 0.2) is 24.3 Å². The van der Waals surface area contributed by atoms with Crippen LogP contribution in [0.4, 0.5) is 0 Å². The summed E-state index contributed by atoms with van der Waals surface area (Å²) in [5, 5.41) is 0. The molecule has 1 rings (SSSR count). The molecule has 1 aromatic rings. The quantitative estimate of drug-likeness (QED) is 0.288. The van der Waals surface area contributed by atoms with Crippen LogP contribution in [0, 0.1) is 0 Å². The summed E-state index contributed by atoms with van der Waals surface area (Å²) in [7, 11) is -2.42. The van der Waals surface area contributed by atoms with Gasteiger partial charge in [0.1, 0.15) is 24.6 Å². The lowest BCUT2D eigenvalue weighted by atomic mass is 9.90. The number of hydrogen-bond acceptors (Lipinski definition) is 9. The largest absolute Gasteiger partial charge is 0.491 e. The van der Waals surface area contributed by atoms with Crippen LogP contribution in [0.25, 0.3) is 0 Å². The van der Waals surface area contributed by atoms with E-state index in [1.165, 1.54) is 24.3 Å². The van der Waals surface area contributed by atoms with Gasteiger partial charge in [-0.25, -0.2) is 9.59 Å². The molecule has 152 valence electrons. The van der Waals surface area contributed by atoms with Crippen molar-refractivity contribution < 1.29 is 36.4 Å². The second kappa shape index (κ2) is 8.68. The summed E-state index contributed by atoms with van der Waals surface area (Å²) in [5.74, 6) is -1.55. The predicted molar refractivity (Wildman–Crippen MR) is 96.5 cm³/mol. The zero-order valence-electron chi connectivity index (χ0n) is 16.0. The molecule has 1 atom stereocenters. The lowest BCUT2D eigenvalue weighted by Crippen LogP contribution is -2.54. The number of benzene rings is 1. The topological polar surface area (TPSA) is 131 Å². The van der Waals surface area contributed by atoms with Gasteiger partial charge < -0.3 is 19.9 Å². The maximum atomic E-state index is 12.5. The van der Waals surface area contributed by atoms with Gasteiger partial charge >= 0.3 is 11.9 Å². The van der Waals surface area contributed by atoms with Crippen molar-refractivity contribution in [2.45, 2.75) is 31.9 Å². The summed E-state index contributed by atoms with van der Waals surface area (Å²) in [6, 6.07) is 5.80. The van der Waals surface area contributed by atoms with Crippen molar-refractivity contribution in [3.8, 4) is 5.75 Å². The summed E-state index contributed by atoms with van der Waals surface area (Å²) in [5.41, 5.74) is 3.24. The normalized spacial score (nSPS) is 14.1. The second-order valence-electron chi connectivity index (χ2n) is 6.70. The molecule has 9 nitrogen and oxygen atoms in total. The van der Waals surface area contributed by atoms with Crippen LogP contribution in [0.5, 0.6) is 5.75 Å². The zero-order chi connectivity index (χ0) is 20.9. The van der Waals surface area contributed by atoms with Gasteiger partial charge in [-0.3, -0.25) is 4.18 Å². The molecule has 0 aromatic heterocycles. The van der Waals surface area contributed by atoms with Crippen LogP contribution in [0.1, 0.15) is 26.3 Å². The van der Waals surface area contributed by atoms with Crippen LogP contribution in [0.2, 0.25) is 0 Å². The Bertz CT molecular complexity index is 767. The number of esters is 2. The third-order valence-electron chi connectivity index (χ3n) is 3.19. The molecule has 0 amide bonds. The number of nitrogens with two attached hydrogens (primary N) is 1. The molecule has 0 heterocycles. The Hall–Kier alpha value is -2.17. The van der Waals surface area contributed by atoms with E-state index in [-0.39, 0.29) is 18.8 Å². The first-order valence-electron chi connectivity index (χ1n) is 7.98. The van der Waals surface area contributed by atoms with E-state index in [4.69, 9.17) is 15.2 Å². The van der Waals surface area contributed by atoms with E-state index >= 15 is 0 Å². The van der Waals surface area contributed by atoms with Gasteiger partial charge in [-0.2, -0.15) is 8.42 Å². The molecule has 0 spiro atoms. The van der Waals surface area contributed by atoms with Crippen LogP contribution in [-0.2, 0) is 38.9 Å². The predicted octanol–water partition coefficient (Wildman–Crippen LogP) is 0.710. The molecule has 0 aliphatic heterocycles. The van der Waals surface area contributed by atoms with Gasteiger partial charge in [-0.1, -0.05) is 12.1 Å². The van der Waals surface area contributed by atoms with Crippen molar-refractivity contribution in [3.63, 3.8) is 0 Å². The molecule has 0 radical (unpaired) electrons. The van der Waals surface area contributed by atoms with Crippen molar-refractivity contribution in [3.05, 3.63) is 29.8 Å². The van der Waals surface area contributed by atoms with E-state index < -0.39 is 33.2 Å². The van der Waals surface area contributed by atoms with Gasteiger partial charge in [0.25, 0.3) is 10.1 Å². The molecule has 0 saturated carbocycles. The van der Waals surface area contributed by atoms with E-state index in [1.54, 1.807) is 20.8 Å². The Balaban J connectivity index is 2.95. The number of rotatable bonds is 8. The first-order chi connectivity index (χ1) is 12.3. The smallest absolute Gasteiger partial charge is 0.343 e. The molecule has 0 aliphatic carbocycles. The maximum absolute atomic E-state index is 12.5. The van der Waals surface area contributed by atoms with E-state index in [2.05, 4.69) is 8.92 Å².